The Morgan fingerprint density at radius 1 is 1.26 bits per heavy atom. The van der Waals surface area contributed by atoms with E-state index >= 15 is 0 Å². The van der Waals surface area contributed by atoms with Crippen LogP contribution in [0.5, 0.6) is 0 Å². The fourth-order valence-electron chi connectivity index (χ4n) is 2.06. The first-order valence-electron chi connectivity index (χ1n) is 7.54. The Bertz CT molecular complexity index is 534. The van der Waals surface area contributed by atoms with Crippen LogP contribution in [-0.4, -0.2) is 29.8 Å². The van der Waals surface area contributed by atoms with Crippen molar-refractivity contribution in [1.82, 2.24) is 5.32 Å². The lowest BCUT2D eigenvalue weighted by molar-refractivity contribution is -0.145. The number of hydrogen-bond donors (Lipinski definition) is 1. The van der Waals surface area contributed by atoms with Crippen LogP contribution in [0.15, 0.2) is 43.0 Å². The highest BCUT2D eigenvalue weighted by Gasteiger charge is 2.26. The SMILES string of the molecule is C=C[C@H](OC(C)=O)[C@@H](Cc1ccccc1)NC(=O)OC(C)(C)C. The summed E-state index contributed by atoms with van der Waals surface area (Å²) >= 11 is 0. The topological polar surface area (TPSA) is 64.6 Å². The molecule has 0 radical (unpaired) electrons. The summed E-state index contributed by atoms with van der Waals surface area (Å²) < 4.78 is 10.5. The summed E-state index contributed by atoms with van der Waals surface area (Å²) in [5.41, 5.74) is 0.402. The van der Waals surface area contributed by atoms with Crippen LogP contribution >= 0.6 is 0 Å². The summed E-state index contributed by atoms with van der Waals surface area (Å²) in [6.07, 6.45) is 0.800. The quantitative estimate of drug-likeness (QED) is 0.646. The van der Waals surface area contributed by atoms with Gasteiger partial charge in [-0.25, -0.2) is 4.79 Å². The van der Waals surface area contributed by atoms with Gasteiger partial charge in [-0.05, 0) is 38.8 Å². The van der Waals surface area contributed by atoms with Gasteiger partial charge in [0.2, 0.25) is 0 Å². The molecule has 1 amide bonds. The molecule has 0 heterocycles. The summed E-state index contributed by atoms with van der Waals surface area (Å²) in [7, 11) is 0. The van der Waals surface area contributed by atoms with E-state index in [1.807, 2.05) is 30.3 Å². The lowest BCUT2D eigenvalue weighted by atomic mass is 10.0. The number of alkyl carbamates (subject to hydrolysis) is 1. The zero-order chi connectivity index (χ0) is 17.5. The second-order valence-electron chi connectivity index (χ2n) is 6.25. The first-order valence-corrected chi connectivity index (χ1v) is 7.54. The first kappa shape index (κ1) is 18.7. The van der Waals surface area contributed by atoms with Crippen LogP contribution in [-0.2, 0) is 20.7 Å². The molecule has 0 aliphatic carbocycles. The first-order chi connectivity index (χ1) is 10.7. The Hall–Kier alpha value is -2.30. The molecular weight excluding hydrogens is 294 g/mol. The molecule has 5 nitrogen and oxygen atoms in total. The molecule has 5 heteroatoms. The zero-order valence-electron chi connectivity index (χ0n) is 14.2. The van der Waals surface area contributed by atoms with Crippen LogP contribution in [0.3, 0.4) is 0 Å². The van der Waals surface area contributed by atoms with E-state index in [9.17, 15) is 9.59 Å². The number of benzene rings is 1. The maximum Gasteiger partial charge on any atom is 0.408 e. The number of ether oxygens (including phenoxy) is 2. The van der Waals surface area contributed by atoms with Crippen LogP contribution in [0.2, 0.25) is 0 Å². The fourth-order valence-corrected chi connectivity index (χ4v) is 2.06. The Morgan fingerprint density at radius 3 is 2.35 bits per heavy atom. The van der Waals surface area contributed by atoms with Crippen molar-refractivity contribution in [3.63, 3.8) is 0 Å². The van der Waals surface area contributed by atoms with Crippen LogP contribution in [0.1, 0.15) is 33.3 Å². The summed E-state index contributed by atoms with van der Waals surface area (Å²) in [4.78, 5) is 23.3. The van der Waals surface area contributed by atoms with Gasteiger partial charge in [0.25, 0.3) is 0 Å². The van der Waals surface area contributed by atoms with E-state index in [-0.39, 0.29) is 0 Å². The molecule has 0 spiro atoms. The lowest BCUT2D eigenvalue weighted by Gasteiger charge is -2.27. The lowest BCUT2D eigenvalue weighted by Crippen LogP contribution is -2.47. The molecule has 23 heavy (non-hydrogen) atoms. The van der Waals surface area contributed by atoms with E-state index < -0.39 is 29.8 Å². The molecule has 0 saturated carbocycles. The van der Waals surface area contributed by atoms with Crippen molar-refractivity contribution >= 4 is 12.1 Å². The van der Waals surface area contributed by atoms with Gasteiger partial charge in [0.15, 0.2) is 0 Å². The molecule has 0 unspecified atom stereocenters. The molecular formula is C18H25NO4. The predicted molar refractivity (Wildman–Crippen MR) is 89.1 cm³/mol. The van der Waals surface area contributed by atoms with Crippen molar-refractivity contribution < 1.29 is 19.1 Å². The van der Waals surface area contributed by atoms with E-state index in [1.165, 1.54) is 13.0 Å². The molecule has 0 aromatic heterocycles. The molecule has 1 aromatic carbocycles. The summed E-state index contributed by atoms with van der Waals surface area (Å²) in [6, 6.07) is 9.16. The normalized spacial score (nSPS) is 13.6. The molecule has 126 valence electrons. The average molecular weight is 319 g/mol. The zero-order valence-corrected chi connectivity index (χ0v) is 14.2. The number of rotatable bonds is 6. The molecule has 0 fully saturated rings. The highest BCUT2D eigenvalue weighted by Crippen LogP contribution is 2.12. The van der Waals surface area contributed by atoms with Gasteiger partial charge < -0.3 is 14.8 Å². The molecule has 0 aliphatic heterocycles. The number of carbonyl (C=O) groups excluding carboxylic acids is 2. The Labute approximate surface area is 137 Å². The van der Waals surface area contributed by atoms with E-state index in [4.69, 9.17) is 9.47 Å². The third-order valence-corrected chi connectivity index (χ3v) is 2.93. The van der Waals surface area contributed by atoms with Gasteiger partial charge in [0.1, 0.15) is 11.7 Å². The van der Waals surface area contributed by atoms with Crippen LogP contribution in [0, 0.1) is 0 Å². The van der Waals surface area contributed by atoms with Crippen molar-refractivity contribution in [2.24, 2.45) is 0 Å². The van der Waals surface area contributed by atoms with E-state index in [1.54, 1.807) is 20.8 Å². The number of nitrogens with one attached hydrogen (secondary N) is 1. The van der Waals surface area contributed by atoms with Gasteiger partial charge in [-0.2, -0.15) is 0 Å². The number of carbonyl (C=O) groups is 2. The smallest absolute Gasteiger partial charge is 0.408 e. The third-order valence-electron chi connectivity index (χ3n) is 2.93. The largest absolute Gasteiger partial charge is 0.456 e. The maximum absolute atomic E-state index is 12.1. The third kappa shape index (κ3) is 7.49. The van der Waals surface area contributed by atoms with Crippen molar-refractivity contribution in [2.75, 3.05) is 0 Å². The van der Waals surface area contributed by atoms with Crippen molar-refractivity contribution in [1.29, 1.82) is 0 Å². The minimum absolute atomic E-state index is 0.432. The Kier molecular flexibility index (Phi) is 6.82. The van der Waals surface area contributed by atoms with Gasteiger partial charge in [-0.1, -0.05) is 36.9 Å². The molecule has 1 N–H and O–H groups in total. The van der Waals surface area contributed by atoms with Crippen molar-refractivity contribution in [3.8, 4) is 0 Å². The minimum Gasteiger partial charge on any atom is -0.456 e. The summed E-state index contributed by atoms with van der Waals surface area (Å²) in [5.74, 6) is -0.432. The molecule has 1 rings (SSSR count). The molecule has 0 saturated heterocycles. The van der Waals surface area contributed by atoms with Gasteiger partial charge in [-0.15, -0.1) is 0 Å². The molecule has 1 aromatic rings. The Balaban J connectivity index is 2.88. The van der Waals surface area contributed by atoms with Gasteiger partial charge >= 0.3 is 12.1 Å². The van der Waals surface area contributed by atoms with E-state index in [0.29, 0.717) is 6.42 Å². The second kappa shape index (κ2) is 8.36. The predicted octanol–water partition coefficient (Wildman–Crippen LogP) is 3.24. The number of esters is 1. The van der Waals surface area contributed by atoms with Gasteiger partial charge in [-0.3, -0.25) is 4.79 Å². The highest BCUT2D eigenvalue weighted by atomic mass is 16.6. The van der Waals surface area contributed by atoms with Gasteiger partial charge in [0.05, 0.1) is 6.04 Å². The summed E-state index contributed by atoms with van der Waals surface area (Å²) in [6.45, 7) is 10.4. The van der Waals surface area contributed by atoms with Crippen LogP contribution in [0.4, 0.5) is 4.79 Å². The van der Waals surface area contributed by atoms with E-state index in [0.717, 1.165) is 5.56 Å². The minimum atomic E-state index is -0.639. The number of amides is 1. The maximum atomic E-state index is 12.1. The fraction of sp³-hybridized carbons (Fsp3) is 0.444. The second-order valence-corrected chi connectivity index (χ2v) is 6.25. The summed E-state index contributed by atoms with van der Waals surface area (Å²) in [5, 5.41) is 2.77. The van der Waals surface area contributed by atoms with Crippen molar-refractivity contribution in [2.45, 2.75) is 51.9 Å². The number of hydrogen-bond acceptors (Lipinski definition) is 4. The van der Waals surface area contributed by atoms with E-state index in [2.05, 4.69) is 11.9 Å². The highest BCUT2D eigenvalue weighted by molar-refractivity contribution is 5.69. The standard InChI is InChI=1S/C18H25NO4/c1-6-16(22-13(2)20)15(12-14-10-8-7-9-11-14)19-17(21)23-18(3,4)5/h6-11,15-16H,1,12H2,2-5H3,(H,19,21)/t15-,16+/m1/s1. The van der Waals surface area contributed by atoms with Crippen molar-refractivity contribution in [3.05, 3.63) is 48.6 Å². The molecule has 2 atom stereocenters. The van der Waals surface area contributed by atoms with Gasteiger partial charge in [0, 0.05) is 6.92 Å². The van der Waals surface area contributed by atoms with Crippen LogP contribution < -0.4 is 5.32 Å². The monoisotopic (exact) mass is 319 g/mol. The average Bonchev–Trinajstić information content (AvgIpc) is 2.43. The molecule has 0 aliphatic rings. The molecule has 0 bridgehead atoms. The van der Waals surface area contributed by atoms with Crippen LogP contribution in [0.25, 0.3) is 0 Å². The Morgan fingerprint density at radius 2 is 1.87 bits per heavy atom.